The molecule has 3 aromatic rings. The molecular formula is C28H32N2O5. The first-order chi connectivity index (χ1) is 16.8. The summed E-state index contributed by atoms with van der Waals surface area (Å²) in [5.74, 6) is -0.744. The van der Waals surface area contributed by atoms with E-state index in [0.29, 0.717) is 17.9 Å². The van der Waals surface area contributed by atoms with E-state index < -0.39 is 30.1 Å². The van der Waals surface area contributed by atoms with Gasteiger partial charge in [0.1, 0.15) is 17.1 Å². The molecule has 0 radical (unpaired) electrons. The van der Waals surface area contributed by atoms with Crippen molar-refractivity contribution in [1.29, 1.82) is 0 Å². The Morgan fingerprint density at radius 3 is 2.43 bits per heavy atom. The average Bonchev–Trinajstić information content (AvgIpc) is 3.27. The summed E-state index contributed by atoms with van der Waals surface area (Å²) in [6.07, 6.45) is 2.40. The van der Waals surface area contributed by atoms with Gasteiger partial charge < -0.3 is 24.6 Å². The number of ether oxygens (including phenoxy) is 2. The summed E-state index contributed by atoms with van der Waals surface area (Å²) in [6.45, 7) is 1.45. The molecule has 7 heteroatoms. The lowest BCUT2D eigenvalue weighted by Gasteiger charge is -2.43. The van der Waals surface area contributed by atoms with Crippen molar-refractivity contribution < 1.29 is 24.5 Å². The van der Waals surface area contributed by atoms with Gasteiger partial charge in [-0.3, -0.25) is 9.78 Å². The number of nitrogens with zero attached hydrogens (tertiary/aromatic N) is 2. The van der Waals surface area contributed by atoms with Crippen molar-refractivity contribution in [2.24, 2.45) is 5.92 Å². The van der Waals surface area contributed by atoms with Gasteiger partial charge in [0.25, 0.3) is 0 Å². The van der Waals surface area contributed by atoms with E-state index >= 15 is 0 Å². The quantitative estimate of drug-likeness (QED) is 0.519. The molecule has 1 aromatic heterocycles. The van der Waals surface area contributed by atoms with E-state index in [-0.39, 0.29) is 5.91 Å². The van der Waals surface area contributed by atoms with E-state index in [0.717, 1.165) is 22.3 Å². The molecule has 0 fully saturated rings. The van der Waals surface area contributed by atoms with Crippen molar-refractivity contribution in [3.05, 3.63) is 89.2 Å². The average molecular weight is 477 g/mol. The molecule has 2 aromatic carbocycles. The lowest BCUT2D eigenvalue weighted by molar-refractivity contribution is -0.143. The molecule has 35 heavy (non-hydrogen) atoms. The van der Waals surface area contributed by atoms with Gasteiger partial charge in [0, 0.05) is 32.0 Å². The number of hydrogen-bond acceptors (Lipinski definition) is 6. The minimum Gasteiger partial charge on any atom is -0.495 e. The maximum atomic E-state index is 13.6. The molecule has 184 valence electrons. The van der Waals surface area contributed by atoms with Crippen LogP contribution in [-0.2, 0) is 16.8 Å². The molecule has 2 N–H and O–H groups in total. The third-order valence-corrected chi connectivity index (χ3v) is 6.82. The van der Waals surface area contributed by atoms with Gasteiger partial charge in [0.15, 0.2) is 0 Å². The van der Waals surface area contributed by atoms with Crippen LogP contribution in [0.15, 0.2) is 67.0 Å². The standard InChI is InChI=1S/C28H32N2O5/c1-18-10-12-20(13-11-18)28(14-21-23(34-4)15-29-16-24(21)35-28)26(19-8-6-5-7-9-19)25(22(32)17-31)27(33)30(2)3/h5-13,15-16,22,25-26,31-32H,14,17H2,1-4H3/t22-,25-,26+,28-/m0/s1. The maximum Gasteiger partial charge on any atom is 0.228 e. The molecular weight excluding hydrogens is 444 g/mol. The molecule has 2 heterocycles. The number of aryl methyl sites for hydroxylation is 1. The first-order valence-corrected chi connectivity index (χ1v) is 11.6. The third-order valence-electron chi connectivity index (χ3n) is 6.82. The highest BCUT2D eigenvalue weighted by Gasteiger charge is 2.55. The van der Waals surface area contributed by atoms with Crippen LogP contribution in [0.25, 0.3) is 0 Å². The van der Waals surface area contributed by atoms with Gasteiger partial charge in [0.2, 0.25) is 5.91 Å². The fourth-order valence-electron chi connectivity index (χ4n) is 5.10. The summed E-state index contributed by atoms with van der Waals surface area (Å²) in [5.41, 5.74) is 2.54. The number of fused-ring (bicyclic) bond motifs is 1. The van der Waals surface area contributed by atoms with E-state index in [4.69, 9.17) is 9.47 Å². The van der Waals surface area contributed by atoms with E-state index in [1.54, 1.807) is 33.6 Å². The summed E-state index contributed by atoms with van der Waals surface area (Å²) in [6, 6.07) is 17.6. The lowest BCUT2D eigenvalue weighted by atomic mass is 9.67. The largest absolute Gasteiger partial charge is 0.495 e. The Morgan fingerprint density at radius 1 is 1.14 bits per heavy atom. The highest BCUT2D eigenvalue weighted by atomic mass is 16.5. The van der Waals surface area contributed by atoms with Crippen molar-refractivity contribution in [2.45, 2.75) is 31.0 Å². The Bertz CT molecular complexity index is 1170. The topological polar surface area (TPSA) is 92.1 Å². The van der Waals surface area contributed by atoms with E-state index in [1.165, 1.54) is 4.90 Å². The monoisotopic (exact) mass is 476 g/mol. The van der Waals surface area contributed by atoms with Crippen LogP contribution in [0.2, 0.25) is 0 Å². The molecule has 0 unspecified atom stereocenters. The molecule has 0 aliphatic carbocycles. The van der Waals surface area contributed by atoms with Crippen molar-refractivity contribution >= 4 is 5.91 Å². The SMILES string of the molecule is COc1cncc2c1C[C@](c1ccc(C)cc1)([C@H](c1ccccc1)[C@@H](C(=O)N(C)C)[C@@H](O)CO)O2. The van der Waals surface area contributed by atoms with Crippen molar-refractivity contribution in [2.75, 3.05) is 27.8 Å². The number of aromatic nitrogens is 1. The van der Waals surface area contributed by atoms with Gasteiger partial charge in [-0.05, 0) is 18.1 Å². The predicted octanol–water partition coefficient (Wildman–Crippen LogP) is 3.07. The lowest BCUT2D eigenvalue weighted by Crippen LogP contribution is -2.51. The van der Waals surface area contributed by atoms with Crippen molar-refractivity contribution in [3.63, 3.8) is 0 Å². The molecule has 1 amide bonds. The van der Waals surface area contributed by atoms with Crippen LogP contribution in [0.4, 0.5) is 0 Å². The number of benzene rings is 2. The van der Waals surface area contributed by atoms with Gasteiger partial charge in [-0.2, -0.15) is 0 Å². The predicted molar refractivity (Wildman–Crippen MR) is 132 cm³/mol. The number of carbonyl (C=O) groups is 1. The Morgan fingerprint density at radius 2 is 1.83 bits per heavy atom. The van der Waals surface area contributed by atoms with Crippen LogP contribution in [0.5, 0.6) is 11.5 Å². The Kier molecular flexibility index (Phi) is 7.10. The zero-order valence-electron chi connectivity index (χ0n) is 20.5. The number of methoxy groups -OCH3 is 1. The number of carbonyl (C=O) groups excluding carboxylic acids is 1. The van der Waals surface area contributed by atoms with Crippen LogP contribution in [0, 0.1) is 12.8 Å². The Balaban J connectivity index is 2.01. The Labute approximate surface area is 206 Å². The molecule has 1 aliphatic heterocycles. The van der Waals surface area contributed by atoms with Gasteiger partial charge in [-0.1, -0.05) is 60.2 Å². The second-order valence-electron chi connectivity index (χ2n) is 9.25. The number of aliphatic hydroxyl groups excluding tert-OH is 2. The normalized spacial score (nSPS) is 19.3. The van der Waals surface area contributed by atoms with E-state index in [9.17, 15) is 15.0 Å². The zero-order valence-corrected chi connectivity index (χ0v) is 20.5. The molecule has 0 bridgehead atoms. The summed E-state index contributed by atoms with van der Waals surface area (Å²) in [7, 11) is 4.89. The highest BCUT2D eigenvalue weighted by molar-refractivity contribution is 5.80. The third kappa shape index (κ3) is 4.49. The zero-order chi connectivity index (χ0) is 25.2. The second-order valence-corrected chi connectivity index (χ2v) is 9.25. The van der Waals surface area contributed by atoms with Gasteiger partial charge in [0.05, 0.1) is 38.1 Å². The molecule has 1 aliphatic rings. The van der Waals surface area contributed by atoms with Gasteiger partial charge in [-0.25, -0.2) is 0 Å². The summed E-state index contributed by atoms with van der Waals surface area (Å²) >= 11 is 0. The smallest absolute Gasteiger partial charge is 0.228 e. The van der Waals surface area contributed by atoms with Crippen LogP contribution in [0.3, 0.4) is 0 Å². The fraction of sp³-hybridized carbons (Fsp3) is 0.357. The summed E-state index contributed by atoms with van der Waals surface area (Å²) in [5, 5.41) is 21.1. The van der Waals surface area contributed by atoms with Crippen LogP contribution in [-0.4, -0.2) is 59.9 Å². The number of pyridine rings is 1. The van der Waals surface area contributed by atoms with Crippen LogP contribution in [0.1, 0.15) is 28.2 Å². The number of aliphatic hydroxyl groups is 2. The fourth-order valence-corrected chi connectivity index (χ4v) is 5.10. The minimum atomic E-state index is -1.30. The molecule has 0 saturated carbocycles. The molecule has 4 rings (SSSR count). The molecule has 7 nitrogen and oxygen atoms in total. The number of rotatable bonds is 8. The highest BCUT2D eigenvalue weighted by Crippen LogP contribution is 2.54. The molecule has 0 spiro atoms. The first kappa shape index (κ1) is 24.7. The van der Waals surface area contributed by atoms with Crippen LogP contribution >= 0.6 is 0 Å². The van der Waals surface area contributed by atoms with E-state index in [2.05, 4.69) is 4.98 Å². The first-order valence-electron chi connectivity index (χ1n) is 11.6. The van der Waals surface area contributed by atoms with Crippen molar-refractivity contribution in [3.8, 4) is 11.5 Å². The second kappa shape index (κ2) is 10.1. The van der Waals surface area contributed by atoms with Crippen LogP contribution < -0.4 is 9.47 Å². The molecule has 0 saturated heterocycles. The van der Waals surface area contributed by atoms with Gasteiger partial charge in [-0.15, -0.1) is 0 Å². The molecule has 4 atom stereocenters. The van der Waals surface area contributed by atoms with Crippen molar-refractivity contribution in [1.82, 2.24) is 9.88 Å². The maximum absolute atomic E-state index is 13.6. The number of hydrogen-bond donors (Lipinski definition) is 2. The summed E-state index contributed by atoms with van der Waals surface area (Å²) < 4.78 is 12.4. The number of amides is 1. The van der Waals surface area contributed by atoms with Gasteiger partial charge >= 0.3 is 0 Å². The Hall–Kier alpha value is -3.42. The van der Waals surface area contributed by atoms with E-state index in [1.807, 2.05) is 61.5 Å². The minimum absolute atomic E-state index is 0.295. The summed E-state index contributed by atoms with van der Waals surface area (Å²) in [4.78, 5) is 19.3.